The number of nitrogens with zero attached hydrogens (tertiary/aromatic N) is 2. The largest absolute Gasteiger partial charge is 0.495 e. The highest BCUT2D eigenvalue weighted by Gasteiger charge is 2.54. The number of rotatable bonds is 13. The van der Waals surface area contributed by atoms with Crippen molar-refractivity contribution in [3.8, 4) is 5.75 Å². The third kappa shape index (κ3) is 6.34. The molecule has 9 heteroatoms. The molecule has 0 aromatic heterocycles. The molecular formula is C25H38N2O7. The number of anilines is 1. The van der Waals surface area contributed by atoms with Gasteiger partial charge in [0.2, 0.25) is 17.4 Å². The van der Waals surface area contributed by atoms with Crippen molar-refractivity contribution >= 4 is 29.4 Å². The Morgan fingerprint density at radius 1 is 0.853 bits per heavy atom. The first-order valence-electron chi connectivity index (χ1n) is 11.7. The molecule has 1 aromatic carbocycles. The summed E-state index contributed by atoms with van der Waals surface area (Å²) >= 11 is 0. The fourth-order valence-corrected chi connectivity index (χ4v) is 4.07. The quantitative estimate of drug-likeness (QED) is 0.315. The van der Waals surface area contributed by atoms with E-state index in [2.05, 4.69) is 0 Å². The number of hydrogen-bond acceptors (Lipinski definition) is 8. The van der Waals surface area contributed by atoms with Crippen molar-refractivity contribution in [2.75, 3.05) is 38.3 Å². The zero-order valence-corrected chi connectivity index (χ0v) is 21.4. The molecule has 190 valence electrons. The lowest BCUT2D eigenvalue weighted by molar-refractivity contribution is -0.175. The van der Waals surface area contributed by atoms with Gasteiger partial charge in [0.05, 0.1) is 26.0 Å². The molecule has 34 heavy (non-hydrogen) atoms. The number of carbonyl (C=O) groups excluding carboxylic acids is 4. The maximum atomic E-state index is 13.5. The number of ether oxygens (including phenoxy) is 3. The third-order valence-corrected chi connectivity index (χ3v) is 5.36. The lowest BCUT2D eigenvalue weighted by Crippen LogP contribution is -2.63. The average molecular weight is 479 g/mol. The molecule has 0 spiro atoms. The summed E-state index contributed by atoms with van der Waals surface area (Å²) in [7, 11) is 1.42. The van der Waals surface area contributed by atoms with Crippen molar-refractivity contribution in [3.05, 3.63) is 23.8 Å². The first-order chi connectivity index (χ1) is 16.2. The average Bonchev–Trinajstić information content (AvgIpc) is 2.78. The summed E-state index contributed by atoms with van der Waals surface area (Å²) in [5.41, 5.74) is -1.21. The Labute approximate surface area is 202 Å². The van der Waals surface area contributed by atoms with Gasteiger partial charge in [-0.15, -0.1) is 0 Å². The molecule has 0 N–H and O–H groups in total. The van der Waals surface area contributed by atoms with E-state index in [4.69, 9.17) is 14.2 Å². The predicted molar refractivity (Wildman–Crippen MR) is 129 cm³/mol. The maximum Gasteiger partial charge on any atom is 0.338 e. The minimum atomic E-state index is -1.81. The lowest BCUT2D eigenvalue weighted by Gasteiger charge is -2.40. The highest BCUT2D eigenvalue weighted by atomic mass is 16.6. The van der Waals surface area contributed by atoms with Crippen LogP contribution in [0, 0.1) is 0 Å². The van der Waals surface area contributed by atoms with Crippen LogP contribution < -0.4 is 9.64 Å². The molecule has 0 saturated heterocycles. The van der Waals surface area contributed by atoms with Gasteiger partial charge >= 0.3 is 11.9 Å². The van der Waals surface area contributed by atoms with Crippen LogP contribution in [-0.4, -0.2) is 67.6 Å². The second-order valence-corrected chi connectivity index (χ2v) is 7.81. The van der Waals surface area contributed by atoms with Crippen LogP contribution in [0.25, 0.3) is 0 Å². The summed E-state index contributed by atoms with van der Waals surface area (Å²) in [5, 5.41) is 0. The Bertz CT molecular complexity index is 831. The van der Waals surface area contributed by atoms with Gasteiger partial charge in [-0.2, -0.15) is 0 Å². The van der Waals surface area contributed by atoms with Gasteiger partial charge in [0, 0.05) is 20.3 Å². The second-order valence-electron chi connectivity index (χ2n) is 7.81. The molecule has 0 heterocycles. The zero-order chi connectivity index (χ0) is 25.9. The van der Waals surface area contributed by atoms with Gasteiger partial charge in [-0.25, -0.2) is 14.5 Å². The Hall–Kier alpha value is -2.94. The standard InChI is InChI=1S/C25H38N2O7/c1-8-15-26(16-9-2)25(23(30)33-10-3,24(31)34-11-4)17-20-13-12-14-21(32-7)22(20)27(18(5)28)19(6)29/h12-14H,8-11,15-17H2,1-7H3. The molecule has 0 aliphatic heterocycles. The molecular weight excluding hydrogens is 440 g/mol. The fraction of sp³-hybridized carbons (Fsp3) is 0.600. The Kier molecular flexibility index (Phi) is 11.7. The van der Waals surface area contributed by atoms with Crippen molar-refractivity contribution < 1.29 is 33.4 Å². The van der Waals surface area contributed by atoms with Crippen molar-refractivity contribution in [1.82, 2.24) is 4.90 Å². The second kappa shape index (κ2) is 13.7. The van der Waals surface area contributed by atoms with Crippen molar-refractivity contribution in [3.63, 3.8) is 0 Å². The molecule has 0 unspecified atom stereocenters. The monoisotopic (exact) mass is 478 g/mol. The van der Waals surface area contributed by atoms with Gasteiger partial charge in [0.15, 0.2) is 0 Å². The van der Waals surface area contributed by atoms with E-state index < -0.39 is 29.3 Å². The van der Waals surface area contributed by atoms with E-state index in [0.717, 1.165) is 4.90 Å². The minimum Gasteiger partial charge on any atom is -0.495 e. The van der Waals surface area contributed by atoms with Crippen LogP contribution in [0.1, 0.15) is 59.9 Å². The SMILES string of the molecule is CCCN(CCC)C(Cc1cccc(OC)c1N(C(C)=O)C(C)=O)(C(=O)OCC)C(=O)OCC. The number of imide groups is 1. The lowest BCUT2D eigenvalue weighted by atomic mass is 9.86. The highest BCUT2D eigenvalue weighted by Crippen LogP contribution is 2.37. The Morgan fingerprint density at radius 3 is 1.74 bits per heavy atom. The molecule has 1 rings (SSSR count). The van der Waals surface area contributed by atoms with Gasteiger partial charge in [-0.05, 0) is 51.4 Å². The van der Waals surface area contributed by atoms with E-state index in [9.17, 15) is 19.2 Å². The molecule has 0 bridgehead atoms. The summed E-state index contributed by atoms with van der Waals surface area (Å²) in [6.07, 6.45) is 1.19. The van der Waals surface area contributed by atoms with E-state index in [1.165, 1.54) is 21.0 Å². The number of methoxy groups -OCH3 is 1. The number of hydrogen-bond donors (Lipinski definition) is 0. The smallest absolute Gasteiger partial charge is 0.338 e. The molecule has 0 radical (unpaired) electrons. The molecule has 9 nitrogen and oxygen atoms in total. The highest BCUT2D eigenvalue weighted by molar-refractivity contribution is 6.15. The van der Waals surface area contributed by atoms with E-state index in [-0.39, 0.29) is 31.1 Å². The van der Waals surface area contributed by atoms with Gasteiger partial charge in [-0.1, -0.05) is 26.0 Å². The first-order valence-corrected chi connectivity index (χ1v) is 11.7. The number of esters is 2. The van der Waals surface area contributed by atoms with Gasteiger partial charge in [0.1, 0.15) is 5.75 Å². The van der Waals surface area contributed by atoms with Crippen molar-refractivity contribution in [2.24, 2.45) is 0 Å². The van der Waals surface area contributed by atoms with E-state index in [1.807, 2.05) is 13.8 Å². The van der Waals surface area contributed by atoms with E-state index >= 15 is 0 Å². The van der Waals surface area contributed by atoms with E-state index in [1.54, 1.807) is 36.9 Å². The van der Waals surface area contributed by atoms with Crippen molar-refractivity contribution in [2.45, 2.75) is 66.3 Å². The van der Waals surface area contributed by atoms with E-state index in [0.29, 0.717) is 31.5 Å². The summed E-state index contributed by atoms with van der Waals surface area (Å²) < 4.78 is 16.3. The van der Waals surface area contributed by atoms with Crippen LogP contribution in [0.2, 0.25) is 0 Å². The van der Waals surface area contributed by atoms with Crippen LogP contribution in [0.3, 0.4) is 0 Å². The molecule has 0 aliphatic rings. The summed E-state index contributed by atoms with van der Waals surface area (Å²) in [6, 6.07) is 4.96. The zero-order valence-electron chi connectivity index (χ0n) is 21.4. The van der Waals surface area contributed by atoms with Crippen LogP contribution >= 0.6 is 0 Å². The molecule has 2 amide bonds. The predicted octanol–water partition coefficient (Wildman–Crippen LogP) is 3.12. The number of para-hydroxylation sites is 1. The molecule has 0 fully saturated rings. The van der Waals surface area contributed by atoms with Crippen LogP contribution in [0.5, 0.6) is 5.75 Å². The van der Waals surface area contributed by atoms with Crippen molar-refractivity contribution in [1.29, 1.82) is 0 Å². The van der Waals surface area contributed by atoms with Gasteiger partial charge < -0.3 is 14.2 Å². The van der Waals surface area contributed by atoms with Crippen LogP contribution in [0.4, 0.5) is 5.69 Å². The molecule has 0 saturated carbocycles. The van der Waals surface area contributed by atoms with Gasteiger partial charge in [0.25, 0.3) is 0 Å². The summed E-state index contributed by atoms with van der Waals surface area (Å²) in [6.45, 7) is 10.8. The minimum absolute atomic E-state index is 0.0735. The maximum absolute atomic E-state index is 13.5. The normalized spacial score (nSPS) is 11.2. The molecule has 1 aromatic rings. The number of benzene rings is 1. The molecule has 0 atom stereocenters. The fourth-order valence-electron chi connectivity index (χ4n) is 4.07. The summed E-state index contributed by atoms with van der Waals surface area (Å²) in [4.78, 5) is 54.7. The Morgan fingerprint density at radius 2 is 1.35 bits per heavy atom. The summed E-state index contributed by atoms with van der Waals surface area (Å²) in [5.74, 6) is -2.24. The third-order valence-electron chi connectivity index (χ3n) is 5.36. The van der Waals surface area contributed by atoms with Crippen LogP contribution in [-0.2, 0) is 35.1 Å². The first kappa shape index (κ1) is 29.1. The van der Waals surface area contributed by atoms with Gasteiger partial charge in [-0.3, -0.25) is 14.5 Å². The number of carbonyl (C=O) groups is 4. The topological polar surface area (TPSA) is 102 Å². The Balaban J connectivity index is 3.96. The van der Waals surface area contributed by atoms with Crippen LogP contribution in [0.15, 0.2) is 18.2 Å². The number of amides is 2. The molecule has 0 aliphatic carbocycles.